The first-order valence-electron chi connectivity index (χ1n) is 8.54. The van der Waals surface area contributed by atoms with E-state index in [1.54, 1.807) is 0 Å². The van der Waals surface area contributed by atoms with Crippen molar-refractivity contribution >= 4 is 5.97 Å². The number of nitrogens with one attached hydrogen (secondary N) is 1. The van der Waals surface area contributed by atoms with Crippen molar-refractivity contribution in [2.75, 3.05) is 19.8 Å². The lowest BCUT2D eigenvalue weighted by molar-refractivity contribution is -0.152. The lowest BCUT2D eigenvalue weighted by Gasteiger charge is -2.31. The van der Waals surface area contributed by atoms with Crippen LogP contribution in [0, 0.1) is 0 Å². The average molecular weight is 301 g/mol. The molecular weight excluding hydrogens is 266 g/mol. The minimum absolute atomic E-state index is 0.0467. The largest absolute Gasteiger partial charge is 0.465 e. The standard InChI is InChI=1S/C17H35NO3/c1-6-9-10-11-13-21-15(4)14-17(5,18-12-7-2)16(19)20-8-3/h15,18H,6-14H2,1-5H3. The number of ether oxygens (including phenoxy) is 2. The van der Waals surface area contributed by atoms with E-state index in [1.165, 1.54) is 19.3 Å². The molecule has 1 N–H and O–H groups in total. The molecule has 0 aromatic carbocycles. The maximum absolute atomic E-state index is 12.2. The van der Waals surface area contributed by atoms with E-state index in [4.69, 9.17) is 9.47 Å². The zero-order chi connectivity index (χ0) is 16.1. The number of carbonyl (C=O) groups excluding carboxylic acids is 1. The Balaban J connectivity index is 4.27. The van der Waals surface area contributed by atoms with Gasteiger partial charge in [0.25, 0.3) is 0 Å². The summed E-state index contributed by atoms with van der Waals surface area (Å²) in [4.78, 5) is 12.2. The molecule has 2 unspecified atom stereocenters. The highest BCUT2D eigenvalue weighted by atomic mass is 16.5. The first-order valence-corrected chi connectivity index (χ1v) is 8.54. The topological polar surface area (TPSA) is 47.6 Å². The van der Waals surface area contributed by atoms with E-state index in [9.17, 15) is 4.79 Å². The normalized spacial score (nSPS) is 15.5. The Morgan fingerprint density at radius 2 is 1.86 bits per heavy atom. The highest BCUT2D eigenvalue weighted by molar-refractivity contribution is 5.80. The highest BCUT2D eigenvalue weighted by Gasteiger charge is 2.35. The van der Waals surface area contributed by atoms with Crippen LogP contribution in [0.1, 0.15) is 73.1 Å². The van der Waals surface area contributed by atoms with E-state index in [0.29, 0.717) is 13.0 Å². The molecule has 0 amide bonds. The number of carbonyl (C=O) groups is 1. The molecule has 4 nitrogen and oxygen atoms in total. The lowest BCUT2D eigenvalue weighted by atomic mass is 9.94. The van der Waals surface area contributed by atoms with Crippen LogP contribution >= 0.6 is 0 Å². The van der Waals surface area contributed by atoms with Gasteiger partial charge in [0.2, 0.25) is 0 Å². The van der Waals surface area contributed by atoms with Crippen molar-refractivity contribution in [3.05, 3.63) is 0 Å². The van der Waals surface area contributed by atoms with Crippen LogP contribution in [0.15, 0.2) is 0 Å². The van der Waals surface area contributed by atoms with E-state index in [0.717, 1.165) is 26.0 Å². The number of unbranched alkanes of at least 4 members (excludes halogenated alkanes) is 3. The fourth-order valence-corrected chi connectivity index (χ4v) is 2.37. The van der Waals surface area contributed by atoms with Crippen LogP contribution in [0.25, 0.3) is 0 Å². The van der Waals surface area contributed by atoms with Crippen LogP contribution in [0.5, 0.6) is 0 Å². The van der Waals surface area contributed by atoms with E-state index < -0.39 is 5.54 Å². The number of esters is 1. The molecule has 0 aromatic rings. The number of hydrogen-bond donors (Lipinski definition) is 1. The van der Waals surface area contributed by atoms with Gasteiger partial charge in [0.15, 0.2) is 0 Å². The first kappa shape index (κ1) is 20.4. The predicted octanol–water partition coefficient (Wildman–Crippen LogP) is 3.68. The summed E-state index contributed by atoms with van der Waals surface area (Å²) in [5.41, 5.74) is -0.658. The molecule has 2 atom stereocenters. The third kappa shape index (κ3) is 9.10. The molecule has 0 rings (SSSR count). The van der Waals surface area contributed by atoms with Gasteiger partial charge < -0.3 is 14.8 Å². The molecule has 0 aliphatic carbocycles. The molecule has 0 bridgehead atoms. The molecule has 0 aliphatic rings. The quantitative estimate of drug-likeness (QED) is 0.416. The van der Waals surface area contributed by atoms with E-state index in [1.807, 2.05) is 20.8 Å². The van der Waals surface area contributed by atoms with Gasteiger partial charge in [-0.2, -0.15) is 0 Å². The van der Waals surface area contributed by atoms with E-state index >= 15 is 0 Å². The van der Waals surface area contributed by atoms with Crippen molar-refractivity contribution in [3.63, 3.8) is 0 Å². The van der Waals surface area contributed by atoms with Gasteiger partial charge in [-0.25, -0.2) is 0 Å². The second-order valence-corrected chi connectivity index (χ2v) is 5.93. The molecule has 0 aromatic heterocycles. The maximum Gasteiger partial charge on any atom is 0.326 e. The third-order valence-electron chi connectivity index (χ3n) is 3.59. The van der Waals surface area contributed by atoms with Gasteiger partial charge in [0.05, 0.1) is 12.7 Å². The predicted molar refractivity (Wildman–Crippen MR) is 87.5 cm³/mol. The van der Waals surface area contributed by atoms with Crippen LogP contribution in [0.2, 0.25) is 0 Å². The molecule has 0 heterocycles. The van der Waals surface area contributed by atoms with Gasteiger partial charge in [-0.1, -0.05) is 33.1 Å². The minimum atomic E-state index is -0.658. The maximum atomic E-state index is 12.2. The number of hydrogen-bond acceptors (Lipinski definition) is 4. The fraction of sp³-hybridized carbons (Fsp3) is 0.941. The van der Waals surface area contributed by atoms with Crippen molar-refractivity contribution in [1.29, 1.82) is 0 Å². The van der Waals surface area contributed by atoms with E-state index in [-0.39, 0.29) is 12.1 Å². The molecule has 126 valence electrons. The molecule has 0 radical (unpaired) electrons. The van der Waals surface area contributed by atoms with Gasteiger partial charge in [0.1, 0.15) is 5.54 Å². The monoisotopic (exact) mass is 301 g/mol. The summed E-state index contributed by atoms with van der Waals surface area (Å²) in [5, 5.41) is 3.32. The molecule has 0 saturated carbocycles. The zero-order valence-electron chi connectivity index (χ0n) is 14.7. The summed E-state index contributed by atoms with van der Waals surface area (Å²) >= 11 is 0. The van der Waals surface area contributed by atoms with Crippen molar-refractivity contribution in [2.45, 2.75) is 84.8 Å². The zero-order valence-corrected chi connectivity index (χ0v) is 14.7. The van der Waals surface area contributed by atoms with Gasteiger partial charge in [-0.3, -0.25) is 4.79 Å². The Morgan fingerprint density at radius 3 is 2.43 bits per heavy atom. The minimum Gasteiger partial charge on any atom is -0.465 e. The lowest BCUT2D eigenvalue weighted by Crippen LogP contribution is -2.52. The molecule has 0 aliphatic heterocycles. The Bertz CT molecular complexity index is 271. The average Bonchev–Trinajstić information content (AvgIpc) is 2.45. The van der Waals surface area contributed by atoms with Crippen LogP contribution in [0.3, 0.4) is 0 Å². The van der Waals surface area contributed by atoms with Gasteiger partial charge >= 0.3 is 5.97 Å². The summed E-state index contributed by atoms with van der Waals surface area (Å²) in [5.74, 6) is -0.181. The first-order chi connectivity index (χ1) is 10.00. The molecule has 0 fully saturated rings. The van der Waals surface area contributed by atoms with Gasteiger partial charge in [0, 0.05) is 13.0 Å². The second kappa shape index (κ2) is 12.0. The van der Waals surface area contributed by atoms with Crippen molar-refractivity contribution in [2.24, 2.45) is 0 Å². The fourth-order valence-electron chi connectivity index (χ4n) is 2.37. The molecule has 4 heteroatoms. The smallest absolute Gasteiger partial charge is 0.326 e. The molecule has 21 heavy (non-hydrogen) atoms. The summed E-state index contributed by atoms with van der Waals surface area (Å²) in [6.45, 7) is 12.1. The molecule has 0 spiro atoms. The summed E-state index contributed by atoms with van der Waals surface area (Å²) in [6.07, 6.45) is 6.47. The van der Waals surface area contributed by atoms with Gasteiger partial charge in [-0.15, -0.1) is 0 Å². The Hall–Kier alpha value is -0.610. The summed E-state index contributed by atoms with van der Waals surface area (Å²) < 4.78 is 11.1. The third-order valence-corrected chi connectivity index (χ3v) is 3.59. The van der Waals surface area contributed by atoms with Crippen molar-refractivity contribution in [3.8, 4) is 0 Å². The van der Waals surface area contributed by atoms with Gasteiger partial charge in [-0.05, 0) is 40.2 Å². The van der Waals surface area contributed by atoms with E-state index in [2.05, 4.69) is 19.2 Å². The summed E-state index contributed by atoms with van der Waals surface area (Å²) in [7, 11) is 0. The summed E-state index contributed by atoms with van der Waals surface area (Å²) in [6, 6.07) is 0. The Labute approximate surface area is 131 Å². The Kier molecular flexibility index (Phi) is 11.6. The van der Waals surface area contributed by atoms with Crippen molar-refractivity contribution < 1.29 is 14.3 Å². The van der Waals surface area contributed by atoms with Crippen LogP contribution < -0.4 is 5.32 Å². The van der Waals surface area contributed by atoms with Crippen LogP contribution in [-0.4, -0.2) is 37.4 Å². The number of rotatable bonds is 13. The second-order valence-electron chi connectivity index (χ2n) is 5.93. The van der Waals surface area contributed by atoms with Crippen molar-refractivity contribution in [1.82, 2.24) is 5.32 Å². The SMILES string of the molecule is CCCCCCOC(C)CC(C)(NCCC)C(=O)OCC. The van der Waals surface area contributed by atoms with Crippen LogP contribution in [-0.2, 0) is 14.3 Å². The highest BCUT2D eigenvalue weighted by Crippen LogP contribution is 2.17. The molecule has 0 saturated heterocycles. The van der Waals surface area contributed by atoms with Crippen LogP contribution in [0.4, 0.5) is 0 Å². The Morgan fingerprint density at radius 1 is 1.14 bits per heavy atom. The molecular formula is C17H35NO3.